The number of hydrogen-bond acceptors (Lipinski definition) is 2. The summed E-state index contributed by atoms with van der Waals surface area (Å²) < 4.78 is 5.65. The Kier molecular flexibility index (Phi) is 5.58. The molecule has 92 valence electrons. The zero-order valence-corrected chi connectivity index (χ0v) is 10.5. The molecule has 1 aliphatic rings. The minimum Gasteiger partial charge on any atom is -0.456 e. The van der Waals surface area contributed by atoms with Crippen molar-refractivity contribution in [3.05, 3.63) is 12.7 Å². The van der Waals surface area contributed by atoms with Crippen LogP contribution < -0.4 is 0 Å². The number of hydrogen-bond donors (Lipinski definition) is 0. The molecular weight excluding hydrogens is 200 g/mol. The van der Waals surface area contributed by atoms with E-state index < -0.39 is 0 Å². The third-order valence-corrected chi connectivity index (χ3v) is 3.45. The predicted molar refractivity (Wildman–Crippen MR) is 66.2 cm³/mol. The molecule has 0 heterocycles. The fourth-order valence-electron chi connectivity index (χ4n) is 2.66. The topological polar surface area (TPSA) is 26.3 Å². The largest absolute Gasteiger partial charge is 0.456 e. The Bertz CT molecular complexity index is 225. The lowest BCUT2D eigenvalue weighted by molar-refractivity contribution is -0.156. The molecule has 0 amide bonds. The minimum atomic E-state index is -0.256. The Hall–Kier alpha value is -0.790. The van der Waals surface area contributed by atoms with Crippen LogP contribution in [0.4, 0.5) is 0 Å². The molecule has 1 aliphatic carbocycles. The van der Waals surface area contributed by atoms with Crippen LogP contribution >= 0.6 is 0 Å². The molecule has 0 aromatic heterocycles. The van der Waals surface area contributed by atoms with Gasteiger partial charge in [0.2, 0.25) is 0 Å². The smallest absolute Gasteiger partial charge is 0.330 e. The zero-order chi connectivity index (χ0) is 11.9. The van der Waals surface area contributed by atoms with Crippen molar-refractivity contribution in [1.82, 2.24) is 0 Å². The number of ether oxygens (including phenoxy) is 1. The maximum Gasteiger partial charge on any atom is 0.330 e. The van der Waals surface area contributed by atoms with Crippen LogP contribution in [-0.4, -0.2) is 11.6 Å². The predicted octanol–water partition coefficient (Wildman–Crippen LogP) is 4.00. The Morgan fingerprint density at radius 1 is 1.25 bits per heavy atom. The highest BCUT2D eigenvalue weighted by atomic mass is 16.6. The van der Waals surface area contributed by atoms with E-state index >= 15 is 0 Å². The Morgan fingerprint density at radius 3 is 2.31 bits per heavy atom. The molecule has 1 rings (SSSR count). The lowest BCUT2D eigenvalue weighted by Crippen LogP contribution is -2.35. The van der Waals surface area contributed by atoms with Crippen molar-refractivity contribution >= 4 is 5.97 Å². The van der Waals surface area contributed by atoms with E-state index in [1.54, 1.807) is 0 Å². The summed E-state index contributed by atoms with van der Waals surface area (Å²) in [5.74, 6) is -0.256. The fraction of sp³-hybridized carbons (Fsp3) is 0.786. The van der Waals surface area contributed by atoms with Gasteiger partial charge in [-0.1, -0.05) is 39.2 Å². The molecule has 1 saturated carbocycles. The van der Waals surface area contributed by atoms with Crippen molar-refractivity contribution in [3.63, 3.8) is 0 Å². The average Bonchev–Trinajstić information content (AvgIpc) is 2.24. The van der Waals surface area contributed by atoms with Gasteiger partial charge in [-0.05, 0) is 32.1 Å². The fourth-order valence-corrected chi connectivity index (χ4v) is 2.66. The first-order valence-electron chi connectivity index (χ1n) is 6.58. The molecule has 0 unspecified atom stereocenters. The van der Waals surface area contributed by atoms with Crippen LogP contribution in [0.2, 0.25) is 0 Å². The van der Waals surface area contributed by atoms with E-state index in [9.17, 15) is 4.79 Å². The lowest BCUT2D eigenvalue weighted by Gasteiger charge is -2.34. The van der Waals surface area contributed by atoms with E-state index in [1.807, 2.05) is 0 Å². The van der Waals surface area contributed by atoms with E-state index in [0.29, 0.717) is 0 Å². The summed E-state index contributed by atoms with van der Waals surface area (Å²) in [4.78, 5) is 11.4. The summed E-state index contributed by atoms with van der Waals surface area (Å²) in [7, 11) is 0. The van der Waals surface area contributed by atoms with Gasteiger partial charge >= 0.3 is 5.97 Å². The van der Waals surface area contributed by atoms with Gasteiger partial charge in [0.05, 0.1) is 0 Å². The first kappa shape index (κ1) is 13.3. The molecule has 2 heteroatoms. The summed E-state index contributed by atoms with van der Waals surface area (Å²) in [6.45, 7) is 5.64. The molecule has 0 atom stereocenters. The molecule has 0 saturated heterocycles. The molecule has 0 spiro atoms. The quantitative estimate of drug-likeness (QED) is 0.533. The summed E-state index contributed by atoms with van der Waals surface area (Å²) in [5, 5.41) is 0. The molecule has 0 N–H and O–H groups in total. The highest BCUT2D eigenvalue weighted by molar-refractivity contribution is 5.81. The first-order valence-corrected chi connectivity index (χ1v) is 6.58. The number of rotatable bonds is 4. The van der Waals surface area contributed by atoms with Gasteiger partial charge in [-0.2, -0.15) is 0 Å². The molecular formula is C14H24O2. The molecule has 0 bridgehead atoms. The summed E-state index contributed by atoms with van der Waals surface area (Å²) >= 11 is 0. The highest BCUT2D eigenvalue weighted by Crippen LogP contribution is 2.33. The van der Waals surface area contributed by atoms with E-state index in [0.717, 1.165) is 25.7 Å². The molecule has 2 nitrogen and oxygen atoms in total. The second-order valence-corrected chi connectivity index (χ2v) is 4.83. The Balaban J connectivity index is 2.65. The highest BCUT2D eigenvalue weighted by Gasteiger charge is 2.32. The summed E-state index contributed by atoms with van der Waals surface area (Å²) in [6, 6.07) is 0. The maximum absolute atomic E-state index is 11.4. The van der Waals surface area contributed by atoms with Crippen molar-refractivity contribution in [2.45, 2.75) is 70.3 Å². The first-order chi connectivity index (χ1) is 7.72. The molecule has 0 aliphatic heterocycles. The van der Waals surface area contributed by atoms with Crippen LogP contribution in [0.15, 0.2) is 12.7 Å². The molecule has 0 radical (unpaired) electrons. The standard InChI is InChI=1S/C14H24O2/c1-3-10-14(16-13(15)4-2)11-8-6-5-7-9-12-14/h4H,2-3,5-12H2,1H3. The third-order valence-electron chi connectivity index (χ3n) is 3.45. The average molecular weight is 224 g/mol. The summed E-state index contributed by atoms with van der Waals surface area (Å²) in [5.41, 5.74) is -0.194. The van der Waals surface area contributed by atoms with Crippen LogP contribution in [0.5, 0.6) is 0 Å². The van der Waals surface area contributed by atoms with Gasteiger partial charge < -0.3 is 4.74 Å². The van der Waals surface area contributed by atoms with Crippen molar-refractivity contribution in [2.24, 2.45) is 0 Å². The molecule has 0 aromatic carbocycles. The van der Waals surface area contributed by atoms with E-state index in [-0.39, 0.29) is 11.6 Å². The van der Waals surface area contributed by atoms with Crippen molar-refractivity contribution < 1.29 is 9.53 Å². The van der Waals surface area contributed by atoms with Gasteiger partial charge in [0, 0.05) is 6.08 Å². The van der Waals surface area contributed by atoms with Crippen LogP contribution in [-0.2, 0) is 9.53 Å². The van der Waals surface area contributed by atoms with Gasteiger partial charge in [-0.15, -0.1) is 0 Å². The van der Waals surface area contributed by atoms with E-state index in [1.165, 1.54) is 38.2 Å². The number of carbonyl (C=O) groups is 1. The van der Waals surface area contributed by atoms with E-state index in [2.05, 4.69) is 13.5 Å². The van der Waals surface area contributed by atoms with Crippen LogP contribution in [0.3, 0.4) is 0 Å². The molecule has 16 heavy (non-hydrogen) atoms. The van der Waals surface area contributed by atoms with Crippen molar-refractivity contribution in [3.8, 4) is 0 Å². The van der Waals surface area contributed by atoms with Crippen LogP contribution in [0.25, 0.3) is 0 Å². The number of carbonyl (C=O) groups excluding carboxylic acids is 1. The molecule has 0 aromatic rings. The second-order valence-electron chi connectivity index (χ2n) is 4.83. The normalized spacial score (nSPS) is 20.6. The number of esters is 1. The van der Waals surface area contributed by atoms with Gasteiger partial charge in [-0.3, -0.25) is 0 Å². The third kappa shape index (κ3) is 3.99. The van der Waals surface area contributed by atoms with E-state index in [4.69, 9.17) is 4.74 Å². The zero-order valence-electron chi connectivity index (χ0n) is 10.5. The minimum absolute atomic E-state index is 0.194. The summed E-state index contributed by atoms with van der Waals surface area (Å²) in [6.07, 6.45) is 11.7. The van der Waals surface area contributed by atoms with Crippen LogP contribution in [0.1, 0.15) is 64.7 Å². The van der Waals surface area contributed by atoms with Crippen LogP contribution in [0, 0.1) is 0 Å². The van der Waals surface area contributed by atoms with Gasteiger partial charge in [0.25, 0.3) is 0 Å². The van der Waals surface area contributed by atoms with Crippen molar-refractivity contribution in [1.29, 1.82) is 0 Å². The van der Waals surface area contributed by atoms with Gasteiger partial charge in [-0.25, -0.2) is 4.79 Å². The monoisotopic (exact) mass is 224 g/mol. The van der Waals surface area contributed by atoms with Gasteiger partial charge in [0.1, 0.15) is 5.60 Å². The molecule has 1 fully saturated rings. The van der Waals surface area contributed by atoms with Gasteiger partial charge in [0.15, 0.2) is 0 Å². The Labute approximate surface area is 99.1 Å². The lowest BCUT2D eigenvalue weighted by atomic mass is 9.83. The maximum atomic E-state index is 11.4. The second kappa shape index (κ2) is 6.72. The van der Waals surface area contributed by atoms with Crippen molar-refractivity contribution in [2.75, 3.05) is 0 Å². The SMILES string of the molecule is C=CC(=O)OC1(CCC)CCCCCCC1. The Morgan fingerprint density at radius 2 is 1.81 bits per heavy atom.